The highest BCUT2D eigenvalue weighted by Crippen LogP contribution is 2.16. The Kier molecular flexibility index (Phi) is 5.80. The van der Waals surface area contributed by atoms with E-state index in [1.165, 1.54) is 0 Å². The minimum Gasteiger partial charge on any atom is -0.384 e. The summed E-state index contributed by atoms with van der Waals surface area (Å²) >= 11 is 0. The lowest BCUT2D eigenvalue weighted by molar-refractivity contribution is 0.0640. The summed E-state index contributed by atoms with van der Waals surface area (Å²) in [6.07, 6.45) is 3.50. The molecule has 0 saturated heterocycles. The zero-order valence-electron chi connectivity index (χ0n) is 12.4. The van der Waals surface area contributed by atoms with Crippen LogP contribution in [0.1, 0.15) is 50.9 Å². The second-order valence-corrected chi connectivity index (χ2v) is 5.29. The van der Waals surface area contributed by atoms with Crippen LogP contribution in [0.3, 0.4) is 0 Å². The fourth-order valence-electron chi connectivity index (χ4n) is 2.22. The third kappa shape index (κ3) is 4.23. The Balaban J connectivity index is 2.96. The van der Waals surface area contributed by atoms with Crippen LogP contribution in [-0.4, -0.2) is 28.4 Å². The third-order valence-corrected chi connectivity index (χ3v) is 3.24. The van der Waals surface area contributed by atoms with Crippen LogP contribution in [0.15, 0.2) is 18.3 Å². The summed E-state index contributed by atoms with van der Waals surface area (Å²) in [6.45, 7) is 9.27. The molecule has 0 saturated carbocycles. The van der Waals surface area contributed by atoms with Crippen molar-refractivity contribution in [1.29, 1.82) is 0 Å². The molecule has 2 N–H and O–H groups in total. The zero-order valence-corrected chi connectivity index (χ0v) is 12.4. The Labute approximate surface area is 116 Å². The van der Waals surface area contributed by atoms with E-state index in [1.54, 1.807) is 18.3 Å². The van der Waals surface area contributed by atoms with E-state index in [9.17, 15) is 4.79 Å². The van der Waals surface area contributed by atoms with Crippen LogP contribution < -0.4 is 5.73 Å². The van der Waals surface area contributed by atoms with E-state index < -0.39 is 0 Å². The van der Waals surface area contributed by atoms with Gasteiger partial charge in [-0.05, 0) is 30.9 Å². The van der Waals surface area contributed by atoms with Crippen molar-refractivity contribution in [3.8, 4) is 0 Å². The van der Waals surface area contributed by atoms with Crippen molar-refractivity contribution in [2.24, 2.45) is 5.92 Å². The summed E-state index contributed by atoms with van der Waals surface area (Å²) in [5.41, 5.74) is 6.17. The second-order valence-electron chi connectivity index (χ2n) is 5.29. The van der Waals surface area contributed by atoms with Crippen molar-refractivity contribution in [3.63, 3.8) is 0 Å². The van der Waals surface area contributed by atoms with Gasteiger partial charge in [0, 0.05) is 18.8 Å². The summed E-state index contributed by atoms with van der Waals surface area (Å²) in [7, 11) is 0. The Morgan fingerprint density at radius 1 is 1.32 bits per heavy atom. The van der Waals surface area contributed by atoms with Gasteiger partial charge in [0.15, 0.2) is 0 Å². The molecule has 0 aliphatic carbocycles. The number of carbonyl (C=O) groups is 1. The number of nitrogens with two attached hydrogens (primary N) is 1. The van der Waals surface area contributed by atoms with E-state index in [0.29, 0.717) is 17.3 Å². The maximum absolute atomic E-state index is 12.6. The molecule has 4 nitrogen and oxygen atoms in total. The zero-order chi connectivity index (χ0) is 14.4. The normalized spacial score (nSPS) is 11.1. The van der Waals surface area contributed by atoms with Crippen LogP contribution in [0.25, 0.3) is 0 Å². The van der Waals surface area contributed by atoms with Gasteiger partial charge in [-0.15, -0.1) is 0 Å². The topological polar surface area (TPSA) is 59.2 Å². The molecule has 1 rings (SSSR count). The number of pyridine rings is 1. The van der Waals surface area contributed by atoms with Gasteiger partial charge in [0.25, 0.3) is 5.91 Å². The summed E-state index contributed by atoms with van der Waals surface area (Å²) < 4.78 is 0. The first-order chi connectivity index (χ1) is 8.99. The molecule has 0 fully saturated rings. The smallest absolute Gasteiger partial charge is 0.255 e. The fraction of sp³-hybridized carbons (Fsp3) is 0.600. The quantitative estimate of drug-likeness (QED) is 0.858. The van der Waals surface area contributed by atoms with E-state index in [-0.39, 0.29) is 11.9 Å². The lowest BCUT2D eigenvalue weighted by atomic mass is 10.1. The molecule has 0 aliphatic rings. The van der Waals surface area contributed by atoms with Crippen molar-refractivity contribution in [2.75, 3.05) is 12.3 Å². The fourth-order valence-corrected chi connectivity index (χ4v) is 2.22. The first kappa shape index (κ1) is 15.5. The molecule has 0 radical (unpaired) electrons. The molecule has 19 heavy (non-hydrogen) atoms. The minimum absolute atomic E-state index is 0.0508. The molecule has 0 spiro atoms. The largest absolute Gasteiger partial charge is 0.384 e. The van der Waals surface area contributed by atoms with E-state index in [2.05, 4.69) is 32.7 Å². The van der Waals surface area contributed by atoms with E-state index >= 15 is 0 Å². The lowest BCUT2D eigenvalue weighted by Gasteiger charge is -2.32. The van der Waals surface area contributed by atoms with Gasteiger partial charge in [0.2, 0.25) is 0 Å². The Morgan fingerprint density at radius 2 is 1.95 bits per heavy atom. The summed E-state index contributed by atoms with van der Waals surface area (Å²) in [5.74, 6) is 0.940. The van der Waals surface area contributed by atoms with Crippen molar-refractivity contribution < 1.29 is 4.79 Å². The summed E-state index contributed by atoms with van der Waals surface area (Å²) in [5, 5.41) is 0. The summed E-state index contributed by atoms with van der Waals surface area (Å²) in [4.78, 5) is 18.6. The van der Waals surface area contributed by atoms with Gasteiger partial charge >= 0.3 is 0 Å². The Hall–Kier alpha value is -1.58. The number of aromatic nitrogens is 1. The van der Waals surface area contributed by atoms with Crippen LogP contribution in [0, 0.1) is 5.92 Å². The average molecular weight is 263 g/mol. The molecular formula is C15H25N3O. The predicted octanol–water partition coefficient (Wildman–Crippen LogP) is 2.95. The van der Waals surface area contributed by atoms with E-state index in [0.717, 1.165) is 19.4 Å². The molecule has 106 valence electrons. The number of rotatable bonds is 6. The minimum atomic E-state index is 0.0508. The number of nitrogen functional groups attached to an aromatic ring is 1. The van der Waals surface area contributed by atoms with Gasteiger partial charge in [-0.3, -0.25) is 4.79 Å². The molecule has 1 aromatic heterocycles. The van der Waals surface area contributed by atoms with E-state index in [1.807, 2.05) is 4.90 Å². The second kappa shape index (κ2) is 7.12. The van der Waals surface area contributed by atoms with Crippen molar-refractivity contribution in [1.82, 2.24) is 9.88 Å². The SMILES string of the molecule is CCC(CC)N(CC(C)C)C(=O)c1ccc(N)nc1. The number of carbonyl (C=O) groups excluding carboxylic acids is 1. The van der Waals surface area contributed by atoms with Crippen LogP contribution in [0.4, 0.5) is 5.82 Å². The van der Waals surface area contributed by atoms with E-state index in [4.69, 9.17) is 5.73 Å². The highest BCUT2D eigenvalue weighted by Gasteiger charge is 2.23. The van der Waals surface area contributed by atoms with Gasteiger partial charge < -0.3 is 10.6 Å². The van der Waals surface area contributed by atoms with Crippen LogP contribution in [0.5, 0.6) is 0 Å². The standard InChI is InChI=1S/C15H25N3O/c1-5-13(6-2)18(10-11(3)4)15(19)12-7-8-14(16)17-9-12/h7-9,11,13H,5-6,10H2,1-4H3,(H2,16,17). The van der Waals surface area contributed by atoms with Crippen LogP contribution in [0.2, 0.25) is 0 Å². The summed E-state index contributed by atoms with van der Waals surface area (Å²) in [6, 6.07) is 3.71. The molecular weight excluding hydrogens is 238 g/mol. The molecule has 1 amide bonds. The highest BCUT2D eigenvalue weighted by atomic mass is 16.2. The number of amides is 1. The number of nitrogens with zero attached hydrogens (tertiary/aromatic N) is 2. The molecule has 0 atom stereocenters. The molecule has 0 bridgehead atoms. The maximum atomic E-state index is 12.6. The molecule has 0 aliphatic heterocycles. The molecule has 0 unspecified atom stereocenters. The Bertz CT molecular complexity index is 396. The first-order valence-corrected chi connectivity index (χ1v) is 7.02. The molecule has 0 aromatic carbocycles. The monoisotopic (exact) mass is 263 g/mol. The van der Waals surface area contributed by atoms with Gasteiger partial charge in [0.1, 0.15) is 5.82 Å². The lowest BCUT2D eigenvalue weighted by Crippen LogP contribution is -2.42. The number of hydrogen-bond donors (Lipinski definition) is 1. The van der Waals surface area contributed by atoms with Crippen molar-refractivity contribution in [2.45, 2.75) is 46.6 Å². The predicted molar refractivity (Wildman–Crippen MR) is 78.9 cm³/mol. The third-order valence-electron chi connectivity index (χ3n) is 3.24. The maximum Gasteiger partial charge on any atom is 0.255 e. The molecule has 1 aromatic rings. The van der Waals surface area contributed by atoms with Crippen molar-refractivity contribution >= 4 is 11.7 Å². The van der Waals surface area contributed by atoms with Gasteiger partial charge in [-0.2, -0.15) is 0 Å². The van der Waals surface area contributed by atoms with Crippen LogP contribution >= 0.6 is 0 Å². The molecule has 1 heterocycles. The molecule has 4 heteroatoms. The highest BCUT2D eigenvalue weighted by molar-refractivity contribution is 5.94. The first-order valence-electron chi connectivity index (χ1n) is 7.02. The average Bonchev–Trinajstić information content (AvgIpc) is 2.38. The van der Waals surface area contributed by atoms with Gasteiger partial charge in [-0.25, -0.2) is 4.98 Å². The Morgan fingerprint density at radius 3 is 2.37 bits per heavy atom. The van der Waals surface area contributed by atoms with Crippen LogP contribution in [-0.2, 0) is 0 Å². The number of hydrogen-bond acceptors (Lipinski definition) is 3. The van der Waals surface area contributed by atoms with Gasteiger partial charge in [-0.1, -0.05) is 27.7 Å². The van der Waals surface area contributed by atoms with Crippen molar-refractivity contribution in [3.05, 3.63) is 23.9 Å². The van der Waals surface area contributed by atoms with Gasteiger partial charge in [0.05, 0.1) is 5.56 Å². The number of anilines is 1.